The van der Waals surface area contributed by atoms with Gasteiger partial charge in [0.05, 0.1) is 46.8 Å². The van der Waals surface area contributed by atoms with Crippen molar-refractivity contribution in [2.45, 2.75) is 26.3 Å². The van der Waals surface area contributed by atoms with E-state index in [1.54, 1.807) is 7.11 Å². The number of hydrogen-bond donors (Lipinski definition) is 0. The number of methoxy groups -OCH3 is 1. The average molecular weight is 556 g/mol. The Morgan fingerprint density at radius 3 is 1.90 bits per heavy atom. The molecule has 3 aromatic carbocycles. The predicted octanol–water partition coefficient (Wildman–Crippen LogP) is 6.11. The van der Waals surface area contributed by atoms with Gasteiger partial charge in [-0.05, 0) is 52.6 Å². The van der Waals surface area contributed by atoms with Crippen molar-refractivity contribution in [2.24, 2.45) is 0 Å². The average Bonchev–Trinajstić information content (AvgIpc) is 3.01. The minimum Gasteiger partial charge on any atom is -0.497 e. The van der Waals surface area contributed by atoms with Crippen LogP contribution in [-0.4, -0.2) is 52.6 Å². The van der Waals surface area contributed by atoms with Crippen LogP contribution in [0.3, 0.4) is 0 Å². The summed E-state index contributed by atoms with van der Waals surface area (Å²) in [6.07, 6.45) is 1.89. The van der Waals surface area contributed by atoms with Crippen molar-refractivity contribution >= 4 is 11.5 Å². The van der Waals surface area contributed by atoms with E-state index in [0.29, 0.717) is 46.2 Å². The second-order valence-corrected chi connectivity index (χ2v) is 10.00. The smallest absolute Gasteiger partial charge is 0.129 e. The van der Waals surface area contributed by atoms with Gasteiger partial charge in [0.25, 0.3) is 0 Å². The minimum atomic E-state index is 0.488. The van der Waals surface area contributed by atoms with Crippen LogP contribution < -0.4 is 14.5 Å². The summed E-state index contributed by atoms with van der Waals surface area (Å²) in [5, 5.41) is 0. The second-order valence-electron chi connectivity index (χ2n) is 10.00. The van der Waals surface area contributed by atoms with Crippen molar-refractivity contribution < 1.29 is 18.9 Å². The molecule has 4 rings (SSSR count). The van der Waals surface area contributed by atoms with E-state index in [1.807, 2.05) is 36.5 Å². The molecule has 1 heterocycles. The third kappa shape index (κ3) is 10.2. The maximum atomic E-state index is 5.81. The number of benzene rings is 3. The van der Waals surface area contributed by atoms with Gasteiger partial charge in [-0.3, -0.25) is 0 Å². The zero-order valence-electron chi connectivity index (χ0n) is 24.4. The van der Waals surface area contributed by atoms with E-state index in [4.69, 9.17) is 23.9 Å². The van der Waals surface area contributed by atoms with Crippen LogP contribution >= 0.6 is 0 Å². The van der Waals surface area contributed by atoms with Gasteiger partial charge in [0.15, 0.2) is 0 Å². The topological polar surface area (TPSA) is 56.3 Å². The van der Waals surface area contributed by atoms with Crippen LogP contribution in [0.2, 0.25) is 0 Å². The van der Waals surface area contributed by atoms with E-state index < -0.39 is 0 Å². The van der Waals surface area contributed by atoms with Crippen molar-refractivity contribution in [3.8, 4) is 5.75 Å². The first kappa shape index (κ1) is 30.1. The Kier molecular flexibility index (Phi) is 12.0. The minimum absolute atomic E-state index is 0.488. The molecule has 0 radical (unpaired) electrons. The van der Waals surface area contributed by atoms with Crippen molar-refractivity contribution in [1.82, 2.24) is 4.98 Å². The number of hydrogen-bond acceptors (Lipinski definition) is 7. The number of anilines is 2. The Hall–Kier alpha value is -3.91. The summed E-state index contributed by atoms with van der Waals surface area (Å²) in [5.41, 5.74) is 5.74. The Bertz CT molecular complexity index is 1300. The number of aromatic nitrogens is 1. The van der Waals surface area contributed by atoms with Crippen LogP contribution in [0.4, 0.5) is 11.5 Å². The van der Waals surface area contributed by atoms with Crippen molar-refractivity contribution in [2.75, 3.05) is 57.4 Å². The fourth-order valence-electron chi connectivity index (χ4n) is 4.34. The summed E-state index contributed by atoms with van der Waals surface area (Å²) in [6, 6.07) is 31.1. The monoisotopic (exact) mass is 555 g/mol. The summed E-state index contributed by atoms with van der Waals surface area (Å²) < 4.78 is 22.5. The standard InChI is InChI=1S/C34H41N3O4/c1-36(2)32-13-7-11-29(21-32)24-37(25-30-12-8-14-33(22-30)38-3)34-16-15-31(23-35-34)27-41-20-18-39-17-19-40-26-28-9-5-4-6-10-28/h4-16,21-23H,17-20,24-27H2,1-3H3. The molecule has 216 valence electrons. The lowest BCUT2D eigenvalue weighted by atomic mass is 10.1. The Morgan fingerprint density at radius 2 is 1.24 bits per heavy atom. The third-order valence-electron chi connectivity index (χ3n) is 6.57. The van der Waals surface area contributed by atoms with Gasteiger partial charge in [-0.15, -0.1) is 0 Å². The molecule has 4 aromatic rings. The zero-order valence-corrected chi connectivity index (χ0v) is 24.4. The van der Waals surface area contributed by atoms with Crippen molar-refractivity contribution in [3.63, 3.8) is 0 Å². The van der Waals surface area contributed by atoms with Gasteiger partial charge in [-0.1, -0.05) is 60.7 Å². The van der Waals surface area contributed by atoms with Gasteiger partial charge in [-0.2, -0.15) is 0 Å². The lowest BCUT2D eigenvalue weighted by Gasteiger charge is -2.25. The van der Waals surface area contributed by atoms with E-state index in [9.17, 15) is 0 Å². The molecule has 0 unspecified atom stereocenters. The molecule has 7 heteroatoms. The Morgan fingerprint density at radius 1 is 0.610 bits per heavy atom. The lowest BCUT2D eigenvalue weighted by Crippen LogP contribution is -2.23. The highest BCUT2D eigenvalue weighted by Gasteiger charge is 2.12. The molecule has 0 atom stereocenters. The van der Waals surface area contributed by atoms with Crippen molar-refractivity contribution in [3.05, 3.63) is 119 Å². The van der Waals surface area contributed by atoms with E-state index in [2.05, 4.69) is 84.6 Å². The van der Waals surface area contributed by atoms with Crippen molar-refractivity contribution in [1.29, 1.82) is 0 Å². The number of pyridine rings is 1. The summed E-state index contributed by atoms with van der Waals surface area (Å²) in [6.45, 7) is 4.68. The largest absolute Gasteiger partial charge is 0.497 e. The summed E-state index contributed by atoms with van der Waals surface area (Å²) in [7, 11) is 5.81. The molecular weight excluding hydrogens is 514 g/mol. The number of rotatable bonds is 17. The molecule has 1 aromatic heterocycles. The second kappa shape index (κ2) is 16.4. The molecular formula is C34H41N3O4. The normalized spacial score (nSPS) is 10.9. The van der Waals surface area contributed by atoms with Gasteiger partial charge in [0.1, 0.15) is 11.6 Å². The first-order valence-corrected chi connectivity index (χ1v) is 14.0. The van der Waals surface area contributed by atoms with Gasteiger partial charge >= 0.3 is 0 Å². The van der Waals surface area contributed by atoms with E-state index in [1.165, 1.54) is 11.3 Å². The number of ether oxygens (including phenoxy) is 4. The predicted molar refractivity (Wildman–Crippen MR) is 164 cm³/mol. The van der Waals surface area contributed by atoms with E-state index >= 15 is 0 Å². The number of nitrogens with zero attached hydrogens (tertiary/aromatic N) is 3. The molecule has 0 spiro atoms. The Balaban J connectivity index is 1.26. The van der Waals surface area contributed by atoms with Gasteiger partial charge in [-0.25, -0.2) is 4.98 Å². The van der Waals surface area contributed by atoms with Gasteiger partial charge in [0, 0.05) is 39.1 Å². The Labute approximate surface area is 244 Å². The van der Waals surface area contributed by atoms with E-state index in [0.717, 1.165) is 34.8 Å². The van der Waals surface area contributed by atoms with Crippen LogP contribution in [0, 0.1) is 0 Å². The van der Waals surface area contributed by atoms with E-state index in [-0.39, 0.29) is 0 Å². The maximum absolute atomic E-state index is 5.81. The fourth-order valence-corrected chi connectivity index (χ4v) is 4.34. The fraction of sp³-hybridized carbons (Fsp3) is 0.324. The third-order valence-corrected chi connectivity index (χ3v) is 6.57. The van der Waals surface area contributed by atoms with Crippen LogP contribution in [0.25, 0.3) is 0 Å². The highest BCUT2D eigenvalue weighted by atomic mass is 16.5. The zero-order chi connectivity index (χ0) is 28.7. The van der Waals surface area contributed by atoms with Crippen LogP contribution in [0.1, 0.15) is 22.3 Å². The summed E-state index contributed by atoms with van der Waals surface area (Å²) in [4.78, 5) is 9.20. The summed E-state index contributed by atoms with van der Waals surface area (Å²) >= 11 is 0. The quantitative estimate of drug-likeness (QED) is 0.146. The molecule has 0 aliphatic heterocycles. The van der Waals surface area contributed by atoms with Crippen LogP contribution in [0.5, 0.6) is 5.75 Å². The lowest BCUT2D eigenvalue weighted by molar-refractivity contribution is 0.00700. The molecule has 0 saturated heterocycles. The summed E-state index contributed by atoms with van der Waals surface area (Å²) in [5.74, 6) is 1.76. The molecule has 0 fully saturated rings. The molecule has 41 heavy (non-hydrogen) atoms. The highest BCUT2D eigenvalue weighted by molar-refractivity contribution is 5.49. The van der Waals surface area contributed by atoms with Gasteiger partial charge < -0.3 is 28.7 Å². The van der Waals surface area contributed by atoms with Crippen LogP contribution in [0.15, 0.2) is 97.2 Å². The first-order valence-electron chi connectivity index (χ1n) is 14.0. The highest BCUT2D eigenvalue weighted by Crippen LogP contribution is 2.23. The maximum Gasteiger partial charge on any atom is 0.129 e. The SMILES string of the molecule is COc1cccc(CN(Cc2cccc(N(C)C)c2)c2ccc(COCCOCCOCc3ccccc3)cn2)c1. The molecule has 0 N–H and O–H groups in total. The molecule has 0 aliphatic rings. The molecule has 7 nitrogen and oxygen atoms in total. The van der Waals surface area contributed by atoms with Gasteiger partial charge in [0.2, 0.25) is 0 Å². The molecule has 0 aliphatic carbocycles. The molecule has 0 amide bonds. The first-order chi connectivity index (χ1) is 20.1. The van der Waals surface area contributed by atoms with Crippen LogP contribution in [-0.2, 0) is 40.5 Å². The molecule has 0 bridgehead atoms. The molecule has 0 saturated carbocycles.